The lowest BCUT2D eigenvalue weighted by molar-refractivity contribution is -0.111. The molecule has 0 radical (unpaired) electrons. The quantitative estimate of drug-likeness (QED) is 0.400. The maximum Gasteiger partial charge on any atom is 0.203 e. The molecule has 0 fully saturated rings. The fourth-order valence-corrected chi connectivity index (χ4v) is 0.306. The van der Waals surface area contributed by atoms with Gasteiger partial charge in [0.15, 0.2) is 0 Å². The summed E-state index contributed by atoms with van der Waals surface area (Å²) >= 11 is 3.47. The molecule has 0 amide bonds. The van der Waals surface area contributed by atoms with Gasteiger partial charge >= 0.3 is 0 Å². The third kappa shape index (κ3) is 2.67. The number of nitrogens with two attached hydrogens (primary N) is 1. The van der Waals surface area contributed by atoms with Crippen LogP contribution in [0.5, 0.6) is 0 Å². The van der Waals surface area contributed by atoms with Gasteiger partial charge in [0.05, 0.1) is 6.04 Å². The topological polar surface area (TPSA) is 43.1 Å². The highest BCUT2D eigenvalue weighted by molar-refractivity contribution is 7.96. The van der Waals surface area contributed by atoms with Crippen LogP contribution in [0.3, 0.4) is 0 Å². The van der Waals surface area contributed by atoms with Gasteiger partial charge < -0.3 is 5.73 Å². The summed E-state index contributed by atoms with van der Waals surface area (Å²) in [6.07, 6.45) is 5.12. The largest absolute Gasteiger partial charge is 0.320 e. The van der Waals surface area contributed by atoms with Crippen LogP contribution in [0.25, 0.3) is 0 Å². The van der Waals surface area contributed by atoms with E-state index in [1.54, 1.807) is 0 Å². The van der Waals surface area contributed by atoms with E-state index in [1.807, 2.05) is 0 Å². The first-order valence-electron chi connectivity index (χ1n) is 2.10. The Morgan fingerprint density at radius 2 is 2.50 bits per heavy atom. The Kier molecular flexibility index (Phi) is 3.33. The molecular formula is C5H7NOS. The summed E-state index contributed by atoms with van der Waals surface area (Å²) in [5.74, 6) is 2.25. The molecule has 1 atom stereocenters. The number of carbonyl (C=O) groups is 1. The first-order chi connectivity index (χ1) is 3.68. The SMILES string of the molecule is C#CC[C@H](N)C(=O)S. The molecule has 0 spiro atoms. The molecule has 0 unspecified atom stereocenters. The summed E-state index contributed by atoms with van der Waals surface area (Å²) in [6, 6.07) is -0.594. The van der Waals surface area contributed by atoms with Gasteiger partial charge in [0.2, 0.25) is 5.12 Å². The first-order valence-corrected chi connectivity index (χ1v) is 2.55. The number of hydrogen-bond donors (Lipinski definition) is 2. The molecule has 2 nitrogen and oxygen atoms in total. The summed E-state index contributed by atoms with van der Waals surface area (Å²) in [6.45, 7) is 0. The standard InChI is InChI=1S/C5H7NOS/c1-2-3-4(6)5(7)8/h1,4H,3,6H2,(H,7,8)/t4-/m0/s1. The van der Waals surface area contributed by atoms with Crippen molar-refractivity contribution in [2.45, 2.75) is 12.5 Å². The Hall–Kier alpha value is -0.460. The molecule has 0 rings (SSSR count). The lowest BCUT2D eigenvalue weighted by atomic mass is 10.2. The fraction of sp³-hybridized carbons (Fsp3) is 0.400. The minimum absolute atomic E-state index is 0.266. The lowest BCUT2D eigenvalue weighted by Gasteiger charge is -1.97. The Morgan fingerprint density at radius 3 is 2.62 bits per heavy atom. The van der Waals surface area contributed by atoms with Crippen LogP contribution in [0.2, 0.25) is 0 Å². The van der Waals surface area contributed by atoms with Crippen molar-refractivity contribution in [1.82, 2.24) is 0 Å². The van der Waals surface area contributed by atoms with E-state index in [2.05, 4.69) is 18.5 Å². The molecule has 0 aromatic heterocycles. The van der Waals surface area contributed by atoms with Crippen molar-refractivity contribution in [3.8, 4) is 12.3 Å². The highest BCUT2D eigenvalue weighted by atomic mass is 32.1. The van der Waals surface area contributed by atoms with Gasteiger partial charge in [-0.15, -0.1) is 25.0 Å². The molecule has 3 heteroatoms. The van der Waals surface area contributed by atoms with Gasteiger partial charge in [0.1, 0.15) is 0 Å². The van der Waals surface area contributed by atoms with Crippen LogP contribution in [0.1, 0.15) is 6.42 Å². The average Bonchev–Trinajstić information content (AvgIpc) is 1.67. The van der Waals surface area contributed by atoms with E-state index in [1.165, 1.54) is 0 Å². The zero-order valence-electron chi connectivity index (χ0n) is 4.29. The number of rotatable bonds is 2. The summed E-state index contributed by atoms with van der Waals surface area (Å²) in [5, 5.41) is -0.358. The molecule has 0 heterocycles. The van der Waals surface area contributed by atoms with Crippen molar-refractivity contribution in [2.75, 3.05) is 0 Å². The zero-order valence-corrected chi connectivity index (χ0v) is 5.19. The van der Waals surface area contributed by atoms with E-state index in [9.17, 15) is 4.79 Å². The Bertz CT molecular complexity index is 127. The summed E-state index contributed by atoms with van der Waals surface area (Å²) in [7, 11) is 0. The molecule has 0 aliphatic heterocycles. The van der Waals surface area contributed by atoms with Crippen molar-refractivity contribution in [1.29, 1.82) is 0 Å². The number of thiol groups is 1. The van der Waals surface area contributed by atoms with Crippen LogP contribution in [-0.4, -0.2) is 11.2 Å². The van der Waals surface area contributed by atoms with Gasteiger partial charge in [-0.3, -0.25) is 4.79 Å². The summed E-state index contributed by atoms with van der Waals surface area (Å²) in [4.78, 5) is 10.2. The Balaban J connectivity index is 3.52. The number of hydrogen-bond acceptors (Lipinski definition) is 2. The van der Waals surface area contributed by atoms with Crippen LogP contribution in [0.4, 0.5) is 0 Å². The van der Waals surface area contributed by atoms with E-state index in [0.717, 1.165) is 0 Å². The molecule has 0 aromatic carbocycles. The van der Waals surface area contributed by atoms with Crippen molar-refractivity contribution < 1.29 is 4.79 Å². The van der Waals surface area contributed by atoms with E-state index in [0.29, 0.717) is 0 Å². The van der Waals surface area contributed by atoms with Crippen molar-refractivity contribution >= 4 is 17.7 Å². The minimum atomic E-state index is -0.594. The van der Waals surface area contributed by atoms with Crippen LogP contribution < -0.4 is 5.73 Å². The second kappa shape index (κ2) is 3.53. The summed E-state index contributed by atoms with van der Waals surface area (Å²) in [5.41, 5.74) is 5.16. The van der Waals surface area contributed by atoms with Crippen LogP contribution in [-0.2, 0) is 4.79 Å². The second-order valence-corrected chi connectivity index (χ2v) is 1.79. The third-order valence-electron chi connectivity index (χ3n) is 0.655. The van der Waals surface area contributed by atoms with Crippen LogP contribution in [0, 0.1) is 12.3 Å². The van der Waals surface area contributed by atoms with Crippen molar-refractivity contribution in [2.24, 2.45) is 5.73 Å². The van der Waals surface area contributed by atoms with Gasteiger partial charge in [0.25, 0.3) is 0 Å². The third-order valence-corrected chi connectivity index (χ3v) is 0.987. The zero-order chi connectivity index (χ0) is 6.57. The Labute approximate surface area is 53.9 Å². The molecule has 44 valence electrons. The molecule has 0 saturated carbocycles. The van der Waals surface area contributed by atoms with Crippen molar-refractivity contribution in [3.05, 3.63) is 0 Å². The molecule has 2 N–H and O–H groups in total. The molecular weight excluding hydrogens is 122 g/mol. The predicted octanol–water partition coefficient (Wildman–Crippen LogP) is -0.207. The first kappa shape index (κ1) is 7.54. The highest BCUT2D eigenvalue weighted by Gasteiger charge is 2.04. The lowest BCUT2D eigenvalue weighted by Crippen LogP contribution is -2.25. The smallest absolute Gasteiger partial charge is 0.203 e. The molecule has 0 aliphatic rings. The van der Waals surface area contributed by atoms with Crippen molar-refractivity contribution in [3.63, 3.8) is 0 Å². The van der Waals surface area contributed by atoms with E-state index < -0.39 is 6.04 Å². The predicted molar refractivity (Wildman–Crippen MR) is 35.4 cm³/mol. The molecule has 0 saturated heterocycles. The van der Waals surface area contributed by atoms with Crippen LogP contribution >= 0.6 is 12.6 Å². The second-order valence-electron chi connectivity index (χ2n) is 1.35. The highest BCUT2D eigenvalue weighted by Crippen LogP contribution is 1.89. The molecule has 0 bridgehead atoms. The van der Waals surface area contributed by atoms with E-state index >= 15 is 0 Å². The fourth-order valence-electron chi connectivity index (χ4n) is 0.214. The molecule has 0 aliphatic carbocycles. The van der Waals surface area contributed by atoms with E-state index in [-0.39, 0.29) is 11.5 Å². The molecule has 8 heavy (non-hydrogen) atoms. The van der Waals surface area contributed by atoms with Crippen LogP contribution in [0.15, 0.2) is 0 Å². The van der Waals surface area contributed by atoms with E-state index in [4.69, 9.17) is 12.2 Å². The summed E-state index contributed by atoms with van der Waals surface area (Å²) < 4.78 is 0. The van der Waals surface area contributed by atoms with Gasteiger partial charge in [-0.25, -0.2) is 0 Å². The van der Waals surface area contributed by atoms with Gasteiger partial charge in [-0.1, -0.05) is 0 Å². The maximum absolute atomic E-state index is 10.2. The Morgan fingerprint density at radius 1 is 2.00 bits per heavy atom. The van der Waals surface area contributed by atoms with Gasteiger partial charge in [-0.05, 0) is 0 Å². The minimum Gasteiger partial charge on any atom is -0.320 e. The maximum atomic E-state index is 10.2. The normalized spacial score (nSPS) is 12.1. The number of carbonyl (C=O) groups excluding carboxylic acids is 1. The average molecular weight is 129 g/mol. The monoisotopic (exact) mass is 129 g/mol. The molecule has 0 aromatic rings. The van der Waals surface area contributed by atoms with Gasteiger partial charge in [-0.2, -0.15) is 0 Å². The van der Waals surface area contributed by atoms with Gasteiger partial charge in [0, 0.05) is 6.42 Å². The number of terminal acetylenes is 1.